The second-order valence-corrected chi connectivity index (χ2v) is 5.34. The minimum absolute atomic E-state index is 0.110. The first kappa shape index (κ1) is 17.0. The summed E-state index contributed by atoms with van der Waals surface area (Å²) in [6.45, 7) is 0.114. The molecule has 0 amide bonds. The van der Waals surface area contributed by atoms with Crippen LogP contribution in [0.5, 0.6) is 0 Å². The molecular formula is C16H14F3N5O. The smallest absolute Gasteiger partial charge is 0.394 e. The van der Waals surface area contributed by atoms with Gasteiger partial charge >= 0.3 is 6.18 Å². The predicted octanol–water partition coefficient (Wildman–Crippen LogP) is 2.34. The lowest BCUT2D eigenvalue weighted by molar-refractivity contribution is -0.137. The minimum atomic E-state index is -4.35. The molecule has 9 heteroatoms. The maximum atomic E-state index is 12.6. The van der Waals surface area contributed by atoms with E-state index in [1.807, 2.05) is 0 Å². The molecule has 25 heavy (non-hydrogen) atoms. The largest absolute Gasteiger partial charge is 0.416 e. The van der Waals surface area contributed by atoms with Gasteiger partial charge in [0, 0.05) is 18.0 Å². The van der Waals surface area contributed by atoms with Crippen molar-refractivity contribution in [2.24, 2.45) is 0 Å². The average molecular weight is 349 g/mol. The van der Waals surface area contributed by atoms with E-state index >= 15 is 0 Å². The molecule has 130 valence electrons. The van der Waals surface area contributed by atoms with Crippen molar-refractivity contribution in [1.82, 2.24) is 25.2 Å². The zero-order valence-electron chi connectivity index (χ0n) is 13.0. The molecule has 6 nitrogen and oxygen atoms in total. The summed E-state index contributed by atoms with van der Waals surface area (Å²) < 4.78 is 37.9. The van der Waals surface area contributed by atoms with Crippen LogP contribution in [0.4, 0.5) is 13.2 Å². The number of nitrogens with zero attached hydrogens (tertiary/aromatic N) is 5. The summed E-state index contributed by atoms with van der Waals surface area (Å²) in [5.74, 6) is 0.350. The second-order valence-electron chi connectivity index (χ2n) is 5.34. The van der Waals surface area contributed by atoms with Gasteiger partial charge in [-0.1, -0.05) is 12.1 Å². The molecule has 3 rings (SSSR count). The van der Waals surface area contributed by atoms with E-state index in [1.165, 1.54) is 16.9 Å². The van der Waals surface area contributed by atoms with Gasteiger partial charge in [-0.3, -0.25) is 4.98 Å². The number of tetrazole rings is 1. The standard InChI is InChI=1S/C16H14F3N5O/c17-16(18,19)13-3-1-11(2-4-13)9-12-5-6-20-10-14(12)15-21-23-24(22-15)7-8-25/h1-6,10,25H,7-9H2. The first-order valence-corrected chi connectivity index (χ1v) is 7.45. The van der Waals surface area contributed by atoms with Crippen molar-refractivity contribution in [2.45, 2.75) is 19.1 Å². The molecule has 3 aromatic rings. The predicted molar refractivity (Wildman–Crippen MR) is 82.4 cm³/mol. The van der Waals surface area contributed by atoms with E-state index in [0.29, 0.717) is 17.8 Å². The molecule has 0 saturated heterocycles. The van der Waals surface area contributed by atoms with Crippen molar-refractivity contribution in [3.05, 3.63) is 59.4 Å². The average Bonchev–Trinajstić information content (AvgIpc) is 3.04. The number of aliphatic hydroxyl groups excluding tert-OH is 1. The summed E-state index contributed by atoms with van der Waals surface area (Å²) in [4.78, 5) is 5.32. The summed E-state index contributed by atoms with van der Waals surface area (Å²) in [7, 11) is 0. The molecule has 0 aliphatic heterocycles. The van der Waals surface area contributed by atoms with Crippen molar-refractivity contribution in [1.29, 1.82) is 0 Å². The van der Waals surface area contributed by atoms with Gasteiger partial charge in [-0.2, -0.15) is 18.0 Å². The van der Waals surface area contributed by atoms with Crippen LogP contribution in [0.2, 0.25) is 0 Å². The minimum Gasteiger partial charge on any atom is -0.394 e. The highest BCUT2D eigenvalue weighted by Crippen LogP contribution is 2.29. The van der Waals surface area contributed by atoms with Gasteiger partial charge in [0.25, 0.3) is 0 Å². The number of alkyl halides is 3. The van der Waals surface area contributed by atoms with Gasteiger partial charge < -0.3 is 5.11 Å². The number of halogens is 3. The number of benzene rings is 1. The molecule has 0 unspecified atom stereocenters. The fourth-order valence-electron chi connectivity index (χ4n) is 2.35. The Balaban J connectivity index is 1.85. The zero-order chi connectivity index (χ0) is 17.9. The molecule has 2 heterocycles. The normalized spacial score (nSPS) is 11.7. The highest BCUT2D eigenvalue weighted by molar-refractivity contribution is 5.58. The van der Waals surface area contributed by atoms with Crippen molar-refractivity contribution in [2.75, 3.05) is 6.61 Å². The fraction of sp³-hybridized carbons (Fsp3) is 0.250. The third-order valence-electron chi connectivity index (χ3n) is 3.58. The van der Waals surface area contributed by atoms with Crippen LogP contribution < -0.4 is 0 Å². The Labute approximate surface area is 140 Å². The van der Waals surface area contributed by atoms with Crippen molar-refractivity contribution < 1.29 is 18.3 Å². The van der Waals surface area contributed by atoms with Crippen LogP contribution in [-0.4, -0.2) is 36.9 Å². The molecule has 0 aliphatic rings. The van der Waals surface area contributed by atoms with E-state index in [2.05, 4.69) is 20.4 Å². The topological polar surface area (TPSA) is 76.7 Å². The summed E-state index contributed by atoms with van der Waals surface area (Å²) in [5, 5.41) is 20.8. The Bertz CT molecular complexity index is 845. The van der Waals surface area contributed by atoms with E-state index in [-0.39, 0.29) is 13.2 Å². The summed E-state index contributed by atoms with van der Waals surface area (Å²) in [6.07, 6.45) is -0.763. The van der Waals surface area contributed by atoms with Gasteiger partial charge in [0.1, 0.15) is 0 Å². The Morgan fingerprint density at radius 3 is 2.52 bits per heavy atom. The van der Waals surface area contributed by atoms with Crippen LogP contribution in [0.1, 0.15) is 16.7 Å². The van der Waals surface area contributed by atoms with Crippen LogP contribution in [-0.2, 0) is 19.1 Å². The van der Waals surface area contributed by atoms with Crippen LogP contribution in [0.3, 0.4) is 0 Å². The molecule has 0 fully saturated rings. The second kappa shape index (κ2) is 6.98. The van der Waals surface area contributed by atoms with Crippen LogP contribution in [0, 0.1) is 0 Å². The van der Waals surface area contributed by atoms with Gasteiger partial charge in [-0.25, -0.2) is 0 Å². The van der Waals surface area contributed by atoms with Crippen molar-refractivity contribution in [3.8, 4) is 11.4 Å². The summed E-state index contributed by atoms with van der Waals surface area (Å²) >= 11 is 0. The third-order valence-corrected chi connectivity index (χ3v) is 3.58. The van der Waals surface area contributed by atoms with Gasteiger partial charge in [0.05, 0.1) is 18.7 Å². The lowest BCUT2D eigenvalue weighted by Crippen LogP contribution is -2.06. The van der Waals surface area contributed by atoms with E-state index in [1.54, 1.807) is 18.5 Å². The van der Waals surface area contributed by atoms with Gasteiger partial charge in [-0.15, -0.1) is 10.2 Å². The SMILES string of the molecule is OCCn1nnc(-c2cnccc2Cc2ccc(C(F)(F)F)cc2)n1. The van der Waals surface area contributed by atoms with Crippen molar-refractivity contribution >= 4 is 0 Å². The lowest BCUT2D eigenvalue weighted by atomic mass is 10.0. The number of pyridine rings is 1. The summed E-state index contributed by atoms with van der Waals surface area (Å²) in [5.41, 5.74) is 1.51. The first-order chi connectivity index (χ1) is 12.0. The third kappa shape index (κ3) is 4.00. The molecule has 0 bridgehead atoms. The molecule has 0 saturated carbocycles. The van der Waals surface area contributed by atoms with Gasteiger partial charge in [0.2, 0.25) is 5.82 Å². The molecule has 0 atom stereocenters. The quantitative estimate of drug-likeness (QED) is 0.765. The summed E-state index contributed by atoms with van der Waals surface area (Å²) in [6, 6.07) is 6.78. The number of rotatable bonds is 5. The Morgan fingerprint density at radius 1 is 1.08 bits per heavy atom. The van der Waals surface area contributed by atoms with Gasteiger partial charge in [0.15, 0.2) is 0 Å². The first-order valence-electron chi connectivity index (χ1n) is 7.45. The molecule has 1 aromatic carbocycles. The molecular weight excluding hydrogens is 335 g/mol. The van der Waals surface area contributed by atoms with E-state index in [0.717, 1.165) is 23.3 Å². The lowest BCUT2D eigenvalue weighted by Gasteiger charge is -2.09. The Kier molecular flexibility index (Phi) is 4.75. The monoisotopic (exact) mass is 349 g/mol. The maximum Gasteiger partial charge on any atom is 0.416 e. The Morgan fingerprint density at radius 2 is 1.84 bits per heavy atom. The Hall–Kier alpha value is -2.81. The fourth-order valence-corrected chi connectivity index (χ4v) is 2.35. The molecule has 0 radical (unpaired) electrons. The maximum absolute atomic E-state index is 12.6. The number of aliphatic hydroxyl groups is 1. The molecule has 0 spiro atoms. The zero-order valence-corrected chi connectivity index (χ0v) is 13.0. The number of hydrogen-bond acceptors (Lipinski definition) is 5. The molecule has 2 aromatic heterocycles. The van der Waals surface area contributed by atoms with Crippen LogP contribution in [0.15, 0.2) is 42.7 Å². The highest BCUT2D eigenvalue weighted by Gasteiger charge is 2.29. The highest BCUT2D eigenvalue weighted by atomic mass is 19.4. The van der Waals surface area contributed by atoms with Gasteiger partial charge in [-0.05, 0) is 41.0 Å². The van der Waals surface area contributed by atoms with E-state index in [9.17, 15) is 13.2 Å². The van der Waals surface area contributed by atoms with Crippen LogP contribution in [0.25, 0.3) is 11.4 Å². The molecule has 0 aliphatic carbocycles. The molecule has 1 N–H and O–H groups in total. The van der Waals surface area contributed by atoms with E-state index < -0.39 is 11.7 Å². The van der Waals surface area contributed by atoms with E-state index in [4.69, 9.17) is 5.11 Å². The number of aromatic nitrogens is 5. The van der Waals surface area contributed by atoms with Crippen LogP contribution >= 0.6 is 0 Å². The number of hydrogen-bond donors (Lipinski definition) is 1. The van der Waals surface area contributed by atoms with Crippen molar-refractivity contribution in [3.63, 3.8) is 0 Å².